The maximum absolute atomic E-state index is 10.7. The van der Waals surface area contributed by atoms with E-state index < -0.39 is 4.92 Å². The van der Waals surface area contributed by atoms with E-state index >= 15 is 0 Å². The molecule has 2 aromatic rings. The second kappa shape index (κ2) is 6.56. The summed E-state index contributed by atoms with van der Waals surface area (Å²) in [4.78, 5) is 10.3. The molecule has 104 valence electrons. The Labute approximate surface area is 137 Å². The summed E-state index contributed by atoms with van der Waals surface area (Å²) in [5.41, 5.74) is 1.89. The fourth-order valence-electron chi connectivity index (χ4n) is 1.62. The van der Waals surface area contributed by atoms with Gasteiger partial charge in [-0.1, -0.05) is 27.5 Å². The first-order valence-electron chi connectivity index (χ1n) is 5.59. The maximum atomic E-state index is 10.7. The monoisotopic (exact) mass is 418 g/mol. The number of nitrogens with one attached hydrogen (secondary N) is 1. The van der Waals surface area contributed by atoms with Crippen molar-refractivity contribution in [1.29, 1.82) is 0 Å². The van der Waals surface area contributed by atoms with E-state index in [2.05, 4.69) is 37.2 Å². The van der Waals surface area contributed by atoms with Crippen molar-refractivity contribution in [3.63, 3.8) is 0 Å². The smallest absolute Gasteiger partial charge is 0.270 e. The topological polar surface area (TPSA) is 55.2 Å². The molecule has 0 spiro atoms. The molecule has 0 aliphatic carbocycles. The van der Waals surface area contributed by atoms with Gasteiger partial charge in [-0.3, -0.25) is 10.1 Å². The average molecular weight is 420 g/mol. The van der Waals surface area contributed by atoms with Crippen LogP contribution < -0.4 is 5.32 Å². The SMILES string of the molecule is O=[N+]([O-])c1ccc(CNc2ccc(Cl)cc2Br)c(Br)c1. The fraction of sp³-hybridized carbons (Fsp3) is 0.0769. The Morgan fingerprint density at radius 2 is 1.90 bits per heavy atom. The van der Waals surface area contributed by atoms with Crippen LogP contribution in [0.15, 0.2) is 45.3 Å². The van der Waals surface area contributed by atoms with Gasteiger partial charge in [0, 0.05) is 38.3 Å². The molecule has 2 rings (SSSR count). The van der Waals surface area contributed by atoms with Crippen LogP contribution in [-0.4, -0.2) is 4.92 Å². The van der Waals surface area contributed by atoms with Crippen LogP contribution in [0.25, 0.3) is 0 Å². The van der Waals surface area contributed by atoms with Crippen molar-refractivity contribution in [2.45, 2.75) is 6.54 Å². The van der Waals surface area contributed by atoms with E-state index in [-0.39, 0.29) is 5.69 Å². The number of hydrogen-bond donors (Lipinski definition) is 1. The van der Waals surface area contributed by atoms with Crippen molar-refractivity contribution >= 4 is 54.8 Å². The lowest BCUT2D eigenvalue weighted by molar-refractivity contribution is -0.384. The number of benzene rings is 2. The number of rotatable bonds is 4. The Kier molecular flexibility index (Phi) is 5.01. The van der Waals surface area contributed by atoms with Gasteiger partial charge in [-0.25, -0.2) is 0 Å². The lowest BCUT2D eigenvalue weighted by atomic mass is 10.2. The second-order valence-corrected chi connectivity index (χ2v) is 6.16. The molecule has 2 aromatic carbocycles. The van der Waals surface area contributed by atoms with Crippen LogP contribution in [0.4, 0.5) is 11.4 Å². The first-order valence-corrected chi connectivity index (χ1v) is 7.55. The molecule has 0 bridgehead atoms. The van der Waals surface area contributed by atoms with Gasteiger partial charge in [-0.05, 0) is 45.8 Å². The van der Waals surface area contributed by atoms with Crippen LogP contribution >= 0.6 is 43.5 Å². The highest BCUT2D eigenvalue weighted by atomic mass is 79.9. The van der Waals surface area contributed by atoms with E-state index in [1.165, 1.54) is 12.1 Å². The van der Waals surface area contributed by atoms with E-state index in [1.54, 1.807) is 18.2 Å². The highest BCUT2D eigenvalue weighted by Gasteiger charge is 2.09. The van der Waals surface area contributed by atoms with Gasteiger partial charge < -0.3 is 5.32 Å². The molecule has 0 saturated heterocycles. The summed E-state index contributed by atoms with van der Waals surface area (Å²) in [7, 11) is 0. The van der Waals surface area contributed by atoms with E-state index in [0.717, 1.165) is 15.7 Å². The zero-order valence-electron chi connectivity index (χ0n) is 10.1. The molecule has 0 heterocycles. The third-order valence-corrected chi connectivity index (χ3v) is 4.28. The summed E-state index contributed by atoms with van der Waals surface area (Å²) in [6.45, 7) is 0.540. The minimum absolute atomic E-state index is 0.0632. The number of nitro benzene ring substituents is 1. The van der Waals surface area contributed by atoms with E-state index in [0.29, 0.717) is 16.0 Å². The molecule has 0 aliphatic heterocycles. The van der Waals surface area contributed by atoms with E-state index in [4.69, 9.17) is 11.6 Å². The Morgan fingerprint density at radius 3 is 2.50 bits per heavy atom. The molecule has 7 heteroatoms. The van der Waals surface area contributed by atoms with Gasteiger partial charge >= 0.3 is 0 Å². The number of nitro groups is 1. The molecule has 0 fully saturated rings. The van der Waals surface area contributed by atoms with Crippen molar-refractivity contribution in [1.82, 2.24) is 0 Å². The lowest BCUT2D eigenvalue weighted by Gasteiger charge is -2.10. The quantitative estimate of drug-likeness (QED) is 0.533. The molecule has 20 heavy (non-hydrogen) atoms. The van der Waals surface area contributed by atoms with Gasteiger partial charge in [0.2, 0.25) is 0 Å². The first kappa shape index (κ1) is 15.3. The molecule has 0 unspecified atom stereocenters. The van der Waals surface area contributed by atoms with Crippen molar-refractivity contribution in [2.24, 2.45) is 0 Å². The molecule has 4 nitrogen and oxygen atoms in total. The van der Waals surface area contributed by atoms with Crippen molar-refractivity contribution in [3.05, 3.63) is 66.0 Å². The van der Waals surface area contributed by atoms with Crippen LogP contribution in [-0.2, 0) is 6.54 Å². The van der Waals surface area contributed by atoms with Crippen LogP contribution in [0, 0.1) is 10.1 Å². The molecule has 1 N–H and O–H groups in total. The van der Waals surface area contributed by atoms with Crippen molar-refractivity contribution < 1.29 is 4.92 Å². The molecule has 0 amide bonds. The number of halogens is 3. The predicted molar refractivity (Wildman–Crippen MR) is 87.3 cm³/mol. The highest BCUT2D eigenvalue weighted by Crippen LogP contribution is 2.28. The molecule has 0 aromatic heterocycles. The van der Waals surface area contributed by atoms with Crippen molar-refractivity contribution in [2.75, 3.05) is 5.32 Å². The fourth-order valence-corrected chi connectivity index (χ4v) is 2.95. The van der Waals surface area contributed by atoms with Gasteiger partial charge in [-0.2, -0.15) is 0 Å². The second-order valence-electron chi connectivity index (χ2n) is 4.01. The zero-order valence-corrected chi connectivity index (χ0v) is 14.0. The first-order chi connectivity index (χ1) is 9.47. The normalized spacial score (nSPS) is 10.3. The number of anilines is 1. The third-order valence-electron chi connectivity index (χ3n) is 2.65. The Bertz CT molecular complexity index is 665. The Morgan fingerprint density at radius 1 is 1.15 bits per heavy atom. The summed E-state index contributed by atoms with van der Waals surface area (Å²) in [6.07, 6.45) is 0. The standard InChI is InChI=1S/C13H9Br2ClN2O2/c14-11-6-10(18(19)20)3-1-8(11)7-17-13-4-2-9(16)5-12(13)15/h1-6,17H,7H2. The lowest BCUT2D eigenvalue weighted by Crippen LogP contribution is -2.01. The molecule has 0 saturated carbocycles. The molecule has 0 atom stereocenters. The third kappa shape index (κ3) is 3.71. The minimum atomic E-state index is -0.419. The van der Waals surface area contributed by atoms with Crippen LogP contribution in [0.2, 0.25) is 5.02 Å². The summed E-state index contributed by atoms with van der Waals surface area (Å²) < 4.78 is 1.56. The maximum Gasteiger partial charge on any atom is 0.270 e. The molecule has 0 aliphatic rings. The minimum Gasteiger partial charge on any atom is -0.380 e. The zero-order chi connectivity index (χ0) is 14.7. The predicted octanol–water partition coefficient (Wildman–Crippen LogP) is 5.39. The summed E-state index contributed by atoms with van der Waals surface area (Å²) in [5.74, 6) is 0. The van der Waals surface area contributed by atoms with Crippen molar-refractivity contribution in [3.8, 4) is 0 Å². The van der Waals surface area contributed by atoms with E-state index in [1.807, 2.05) is 6.07 Å². The molecular weight excluding hydrogens is 411 g/mol. The van der Waals surface area contributed by atoms with Crippen LogP contribution in [0.1, 0.15) is 5.56 Å². The van der Waals surface area contributed by atoms with Gasteiger partial charge in [-0.15, -0.1) is 0 Å². The average Bonchev–Trinajstić information content (AvgIpc) is 2.38. The Balaban J connectivity index is 2.13. The largest absolute Gasteiger partial charge is 0.380 e. The highest BCUT2D eigenvalue weighted by molar-refractivity contribution is 9.11. The summed E-state index contributed by atoms with van der Waals surface area (Å²) in [5, 5.41) is 14.6. The van der Waals surface area contributed by atoms with E-state index in [9.17, 15) is 10.1 Å². The molecule has 0 radical (unpaired) electrons. The summed E-state index contributed by atoms with van der Waals surface area (Å²) >= 11 is 12.6. The Hall–Kier alpha value is -1.11. The number of hydrogen-bond acceptors (Lipinski definition) is 3. The molecular formula is C13H9Br2ClN2O2. The van der Waals surface area contributed by atoms with Gasteiger partial charge in [0.15, 0.2) is 0 Å². The van der Waals surface area contributed by atoms with Crippen LogP contribution in [0.5, 0.6) is 0 Å². The van der Waals surface area contributed by atoms with Gasteiger partial charge in [0.1, 0.15) is 0 Å². The summed E-state index contributed by atoms with van der Waals surface area (Å²) in [6, 6.07) is 10.2. The van der Waals surface area contributed by atoms with Crippen LogP contribution in [0.3, 0.4) is 0 Å². The van der Waals surface area contributed by atoms with Gasteiger partial charge in [0.25, 0.3) is 5.69 Å². The number of non-ortho nitro benzene ring substituents is 1. The number of nitrogens with zero attached hydrogens (tertiary/aromatic N) is 1. The van der Waals surface area contributed by atoms with Gasteiger partial charge in [0.05, 0.1) is 4.92 Å².